The molecule has 0 aromatic heterocycles. The standard InChI is InChI=1S/C28H32O/c1-3-5-6-7-8-14-23-20(4-2)17-18-27(29)28(23)25-16-11-15-24-22-13-10-9-12-21(22)19-26(24)25/h9-13,15-18,29H,3-8,14,19H2,1-2H3. The number of phenols is 1. The Kier molecular flexibility index (Phi) is 6.04. The van der Waals surface area contributed by atoms with Crippen LogP contribution in [0.1, 0.15) is 68.2 Å². The zero-order valence-corrected chi connectivity index (χ0v) is 17.8. The van der Waals surface area contributed by atoms with Crippen molar-refractivity contribution in [1.29, 1.82) is 0 Å². The number of hydrogen-bond acceptors (Lipinski definition) is 1. The monoisotopic (exact) mass is 384 g/mol. The third kappa shape index (κ3) is 3.83. The Morgan fingerprint density at radius 2 is 1.52 bits per heavy atom. The number of fused-ring (bicyclic) bond motifs is 3. The molecule has 0 unspecified atom stereocenters. The maximum atomic E-state index is 11.0. The van der Waals surface area contributed by atoms with Crippen LogP contribution in [-0.4, -0.2) is 5.11 Å². The highest BCUT2D eigenvalue weighted by Crippen LogP contribution is 2.45. The summed E-state index contributed by atoms with van der Waals surface area (Å²) in [5, 5.41) is 11.0. The van der Waals surface area contributed by atoms with Crippen molar-refractivity contribution < 1.29 is 5.11 Å². The molecular formula is C28H32O. The maximum Gasteiger partial charge on any atom is 0.123 e. The van der Waals surface area contributed by atoms with E-state index in [0.29, 0.717) is 5.75 Å². The molecule has 3 aromatic rings. The van der Waals surface area contributed by atoms with Crippen LogP contribution in [0.3, 0.4) is 0 Å². The summed E-state index contributed by atoms with van der Waals surface area (Å²) in [7, 11) is 0. The van der Waals surface area contributed by atoms with Gasteiger partial charge in [0.05, 0.1) is 0 Å². The van der Waals surface area contributed by atoms with Gasteiger partial charge in [-0.15, -0.1) is 0 Å². The highest BCUT2D eigenvalue weighted by Gasteiger charge is 2.24. The van der Waals surface area contributed by atoms with E-state index in [1.54, 1.807) is 0 Å². The van der Waals surface area contributed by atoms with Gasteiger partial charge in [-0.2, -0.15) is 0 Å². The average molecular weight is 385 g/mol. The van der Waals surface area contributed by atoms with Gasteiger partial charge in [0.2, 0.25) is 0 Å². The second-order valence-corrected chi connectivity index (χ2v) is 8.28. The lowest BCUT2D eigenvalue weighted by Gasteiger charge is -2.19. The van der Waals surface area contributed by atoms with E-state index in [9.17, 15) is 5.11 Å². The van der Waals surface area contributed by atoms with Gasteiger partial charge in [-0.3, -0.25) is 0 Å². The molecule has 0 heterocycles. The number of unbranched alkanes of at least 4 members (excludes halogenated alkanes) is 4. The minimum atomic E-state index is 0.426. The molecule has 3 aromatic carbocycles. The van der Waals surface area contributed by atoms with Gasteiger partial charge in [-0.05, 0) is 70.7 Å². The maximum absolute atomic E-state index is 11.0. The summed E-state index contributed by atoms with van der Waals surface area (Å²) in [4.78, 5) is 0. The van der Waals surface area contributed by atoms with Gasteiger partial charge in [-0.25, -0.2) is 0 Å². The van der Waals surface area contributed by atoms with Crippen molar-refractivity contribution in [1.82, 2.24) is 0 Å². The van der Waals surface area contributed by atoms with E-state index in [2.05, 4.69) is 62.4 Å². The van der Waals surface area contributed by atoms with Crippen LogP contribution in [0.2, 0.25) is 0 Å². The van der Waals surface area contributed by atoms with Crippen molar-refractivity contribution in [2.75, 3.05) is 0 Å². The zero-order valence-electron chi connectivity index (χ0n) is 17.8. The van der Waals surface area contributed by atoms with E-state index >= 15 is 0 Å². The van der Waals surface area contributed by atoms with Crippen LogP contribution < -0.4 is 0 Å². The summed E-state index contributed by atoms with van der Waals surface area (Å²) in [6.07, 6.45) is 9.37. The smallest absolute Gasteiger partial charge is 0.123 e. The topological polar surface area (TPSA) is 20.2 Å². The quantitative estimate of drug-likeness (QED) is 0.308. The Morgan fingerprint density at radius 3 is 2.34 bits per heavy atom. The molecule has 1 heteroatoms. The fraction of sp³-hybridized carbons (Fsp3) is 0.357. The van der Waals surface area contributed by atoms with E-state index in [1.807, 2.05) is 6.07 Å². The summed E-state index contributed by atoms with van der Waals surface area (Å²) in [6.45, 7) is 4.48. The van der Waals surface area contributed by atoms with Gasteiger partial charge < -0.3 is 5.11 Å². The van der Waals surface area contributed by atoms with E-state index < -0.39 is 0 Å². The number of hydrogen-bond donors (Lipinski definition) is 1. The molecule has 0 aliphatic heterocycles. The normalized spacial score (nSPS) is 12.1. The summed E-state index contributed by atoms with van der Waals surface area (Å²) >= 11 is 0. The van der Waals surface area contributed by atoms with Crippen molar-refractivity contribution in [3.05, 3.63) is 76.9 Å². The van der Waals surface area contributed by atoms with Crippen LogP contribution in [0.4, 0.5) is 0 Å². The Bertz CT molecular complexity index is 999. The van der Waals surface area contributed by atoms with E-state index in [4.69, 9.17) is 0 Å². The molecule has 0 fully saturated rings. The largest absolute Gasteiger partial charge is 0.507 e. The molecule has 0 atom stereocenters. The summed E-state index contributed by atoms with van der Waals surface area (Å²) < 4.78 is 0. The predicted molar refractivity (Wildman–Crippen MR) is 124 cm³/mol. The van der Waals surface area contributed by atoms with Gasteiger partial charge in [0, 0.05) is 5.56 Å². The summed E-state index contributed by atoms with van der Waals surface area (Å²) in [6, 6.07) is 19.3. The molecule has 0 saturated heterocycles. The van der Waals surface area contributed by atoms with Crippen LogP contribution >= 0.6 is 0 Å². The van der Waals surface area contributed by atoms with Crippen molar-refractivity contribution in [2.45, 2.75) is 65.2 Å². The van der Waals surface area contributed by atoms with Crippen LogP contribution in [-0.2, 0) is 19.3 Å². The van der Waals surface area contributed by atoms with Crippen LogP contribution in [0.5, 0.6) is 5.75 Å². The minimum absolute atomic E-state index is 0.426. The van der Waals surface area contributed by atoms with Crippen LogP contribution in [0.15, 0.2) is 54.6 Å². The Balaban J connectivity index is 1.76. The molecule has 4 rings (SSSR count). The van der Waals surface area contributed by atoms with Gasteiger partial charge >= 0.3 is 0 Å². The third-order valence-electron chi connectivity index (χ3n) is 6.42. The highest BCUT2D eigenvalue weighted by atomic mass is 16.3. The lowest BCUT2D eigenvalue weighted by atomic mass is 9.86. The second kappa shape index (κ2) is 8.86. The molecule has 150 valence electrons. The first-order chi connectivity index (χ1) is 14.2. The van der Waals surface area contributed by atoms with Gasteiger partial charge in [-0.1, -0.05) is 88.1 Å². The molecule has 1 N–H and O–H groups in total. The minimum Gasteiger partial charge on any atom is -0.507 e. The fourth-order valence-electron chi connectivity index (χ4n) is 4.89. The molecule has 0 saturated carbocycles. The van der Waals surface area contributed by atoms with Gasteiger partial charge in [0.1, 0.15) is 5.75 Å². The number of benzene rings is 3. The van der Waals surface area contributed by atoms with Gasteiger partial charge in [0.25, 0.3) is 0 Å². The number of aryl methyl sites for hydroxylation is 1. The number of phenolic OH excluding ortho intramolecular Hbond substituents is 1. The molecule has 0 amide bonds. The first-order valence-corrected chi connectivity index (χ1v) is 11.3. The third-order valence-corrected chi connectivity index (χ3v) is 6.42. The lowest BCUT2D eigenvalue weighted by Crippen LogP contribution is -2.00. The molecule has 0 spiro atoms. The summed E-state index contributed by atoms with van der Waals surface area (Å²) in [5.74, 6) is 0.426. The van der Waals surface area contributed by atoms with Crippen molar-refractivity contribution >= 4 is 0 Å². The molecule has 0 radical (unpaired) electrons. The first-order valence-electron chi connectivity index (χ1n) is 11.3. The van der Waals surface area contributed by atoms with Crippen molar-refractivity contribution in [3.8, 4) is 28.0 Å². The first kappa shape index (κ1) is 19.8. The second-order valence-electron chi connectivity index (χ2n) is 8.28. The SMILES string of the molecule is CCCCCCCc1c(CC)ccc(O)c1-c1cccc2c1Cc1ccccc1-2. The highest BCUT2D eigenvalue weighted by molar-refractivity contribution is 5.87. The Labute approximate surface area is 175 Å². The van der Waals surface area contributed by atoms with E-state index in [0.717, 1.165) is 24.8 Å². The molecule has 1 nitrogen and oxygen atoms in total. The fourth-order valence-corrected chi connectivity index (χ4v) is 4.89. The van der Waals surface area contributed by atoms with Crippen molar-refractivity contribution in [3.63, 3.8) is 0 Å². The Morgan fingerprint density at radius 1 is 0.759 bits per heavy atom. The molecule has 29 heavy (non-hydrogen) atoms. The number of rotatable bonds is 8. The van der Waals surface area contributed by atoms with Crippen LogP contribution in [0, 0.1) is 0 Å². The van der Waals surface area contributed by atoms with Gasteiger partial charge in [0.15, 0.2) is 0 Å². The lowest BCUT2D eigenvalue weighted by molar-refractivity contribution is 0.476. The van der Waals surface area contributed by atoms with Crippen LogP contribution in [0.25, 0.3) is 22.3 Å². The van der Waals surface area contributed by atoms with Crippen molar-refractivity contribution in [2.24, 2.45) is 0 Å². The Hall–Kier alpha value is -2.54. The summed E-state index contributed by atoms with van der Waals surface area (Å²) in [5.41, 5.74) is 10.4. The zero-order chi connectivity index (χ0) is 20.2. The van der Waals surface area contributed by atoms with E-state index in [-0.39, 0.29) is 0 Å². The molecule has 1 aliphatic carbocycles. The molecular weight excluding hydrogens is 352 g/mol. The number of aromatic hydroxyl groups is 1. The average Bonchev–Trinajstić information content (AvgIpc) is 3.13. The van der Waals surface area contributed by atoms with E-state index in [1.165, 1.54) is 71.0 Å². The predicted octanol–water partition coefficient (Wildman–Crippen LogP) is 7.71. The molecule has 1 aliphatic rings. The molecule has 0 bridgehead atoms.